The molecular weight excluding hydrogens is 1490 g/mol. The first kappa shape index (κ1) is 75.2. The van der Waals surface area contributed by atoms with Crippen LogP contribution in [-0.2, 0) is 87.2 Å². The third-order valence-corrected chi connectivity index (χ3v) is 21.0. The summed E-state index contributed by atoms with van der Waals surface area (Å²) in [6, 6.07) is 1.20. The SMILES string of the molecule is Cc1cn([C@H]2C[C@H](OP(=O)(O)OC[C@H]3O[C@@H](n4ccc(N)nc4=O)C[C@@H]3OP(=O)(O)OC[C@H]3O[C@@H](n4cc(C)c(=O)[nH]c4=O)C[C@@H]3O)[C@@H](COP(=O)(O)O[C@H]3C[C@H](n4cnc5c(=O)[nH]c(N)nc54)O[C@@H]3COP(=O)(O)O[C@H]3C[C@H](n4cnc5c(=O)[nH]c(N)nc54)O[C@@H]3CO[P+](=O)O)O2)c(=O)[nH]c1=O. The number of nitrogens with zero attached hydrogens (tertiary/aromatic N) is 10. The first-order valence-electron chi connectivity index (χ1n) is 30.3. The van der Waals surface area contributed by atoms with Gasteiger partial charge in [-0.25, -0.2) is 42.6 Å². The van der Waals surface area contributed by atoms with E-state index < -0.39 is 223 Å². The van der Waals surface area contributed by atoms with Gasteiger partial charge in [0, 0.05) is 66.4 Å². The summed E-state index contributed by atoms with van der Waals surface area (Å²) < 4.78 is 151. The van der Waals surface area contributed by atoms with E-state index in [0.29, 0.717) is 0 Å². The number of aromatic amines is 4. The number of hydrogen-bond donors (Lipinski definition) is 13. The molecule has 12 heterocycles. The average Bonchev–Trinajstić information content (AvgIpc) is 1.64. The predicted molar refractivity (Wildman–Crippen MR) is 337 cm³/mol. The molecule has 0 aliphatic carbocycles. The summed E-state index contributed by atoms with van der Waals surface area (Å²) in [4.78, 5) is 172. The molecular formula is C49H63N17O32P5+. The lowest BCUT2D eigenvalue weighted by molar-refractivity contribution is -0.0644. The quantitative estimate of drug-likeness (QED) is 0.0225. The first-order valence-corrected chi connectivity index (χ1v) is 37.5. The second-order valence-electron chi connectivity index (χ2n) is 23.6. The van der Waals surface area contributed by atoms with E-state index in [2.05, 4.69) is 44.9 Å². The number of aryl methyl sites for hydroxylation is 2. The molecule has 12 rings (SSSR count). The van der Waals surface area contributed by atoms with Crippen molar-refractivity contribution in [3.05, 3.63) is 121 Å². The van der Waals surface area contributed by atoms with Crippen molar-refractivity contribution in [2.24, 2.45) is 0 Å². The van der Waals surface area contributed by atoms with Crippen LogP contribution in [0.1, 0.15) is 74.4 Å². The summed E-state index contributed by atoms with van der Waals surface area (Å²) in [5.74, 6) is -0.888. The average molecular weight is 1560 g/mol. The molecule has 54 heteroatoms. The Morgan fingerprint density at radius 3 is 1.24 bits per heavy atom. The lowest BCUT2D eigenvalue weighted by Gasteiger charge is -2.25. The predicted octanol–water partition coefficient (Wildman–Crippen LogP) is -2.55. The highest BCUT2D eigenvalue weighted by Gasteiger charge is 2.50. The zero-order valence-electron chi connectivity index (χ0n) is 52.9. The Balaban J connectivity index is 0.744. The van der Waals surface area contributed by atoms with E-state index in [-0.39, 0.29) is 64.0 Å². The number of aromatic nitrogens is 14. The Morgan fingerprint density at radius 2 is 0.854 bits per heavy atom. The molecule has 103 heavy (non-hydrogen) atoms. The highest BCUT2D eigenvalue weighted by molar-refractivity contribution is 7.48. The van der Waals surface area contributed by atoms with Crippen LogP contribution in [0, 0.1) is 13.8 Å². The molecule has 560 valence electrons. The summed E-state index contributed by atoms with van der Waals surface area (Å²) in [5.41, 5.74) is 10.7. The number of ether oxygens (including phenoxy) is 5. The molecule has 0 aromatic carbocycles. The number of hydrogen-bond acceptors (Lipinski definition) is 35. The molecule has 5 fully saturated rings. The van der Waals surface area contributed by atoms with Gasteiger partial charge in [-0.3, -0.25) is 98.1 Å². The normalized spacial score (nSPS) is 29.1. The number of rotatable bonds is 28. The topological polar surface area (TPSA) is 686 Å². The minimum Gasteiger partial charge on any atom is -0.390 e. The van der Waals surface area contributed by atoms with Crippen molar-refractivity contribution >= 4 is 79.6 Å². The Bertz CT molecular complexity index is 5040. The number of nitrogens with two attached hydrogens (primary N) is 3. The van der Waals surface area contributed by atoms with Gasteiger partial charge in [-0.15, -0.1) is 9.42 Å². The smallest absolute Gasteiger partial charge is 0.390 e. The van der Waals surface area contributed by atoms with Crippen LogP contribution in [0.25, 0.3) is 22.3 Å². The number of H-pyrrole nitrogens is 4. The molecule has 0 spiro atoms. The van der Waals surface area contributed by atoms with Crippen molar-refractivity contribution in [2.75, 3.05) is 50.2 Å². The van der Waals surface area contributed by atoms with Crippen LogP contribution in [-0.4, -0.2) is 191 Å². The zero-order valence-corrected chi connectivity index (χ0v) is 57.4. The van der Waals surface area contributed by atoms with Crippen molar-refractivity contribution in [1.29, 1.82) is 0 Å². The number of nitrogen functional groups attached to an aromatic ring is 3. The molecule has 16 N–H and O–H groups in total. The molecule has 0 radical (unpaired) electrons. The van der Waals surface area contributed by atoms with Gasteiger partial charge in [0.2, 0.25) is 11.9 Å². The summed E-state index contributed by atoms with van der Waals surface area (Å²) in [5, 5.41) is 10.8. The number of phosphoric ester groups is 4. The van der Waals surface area contributed by atoms with Crippen LogP contribution in [0.5, 0.6) is 0 Å². The fourth-order valence-corrected chi connectivity index (χ4v) is 15.8. The summed E-state index contributed by atoms with van der Waals surface area (Å²) in [7, 11) is -25.1. The van der Waals surface area contributed by atoms with E-state index in [1.165, 1.54) is 30.7 Å². The molecule has 5 aliphatic rings. The molecule has 0 saturated carbocycles. The van der Waals surface area contributed by atoms with Crippen molar-refractivity contribution in [1.82, 2.24) is 67.7 Å². The lowest BCUT2D eigenvalue weighted by atomic mass is 10.2. The fourth-order valence-electron chi connectivity index (χ4n) is 11.7. The molecule has 5 saturated heterocycles. The van der Waals surface area contributed by atoms with Gasteiger partial charge in [-0.05, 0) is 19.9 Å². The monoisotopic (exact) mass is 1560 g/mol. The van der Waals surface area contributed by atoms with Crippen LogP contribution >= 0.6 is 39.5 Å². The van der Waals surface area contributed by atoms with E-state index >= 15 is 0 Å². The molecule has 5 aliphatic heterocycles. The highest BCUT2D eigenvalue weighted by atomic mass is 31.2. The van der Waals surface area contributed by atoms with Crippen molar-refractivity contribution < 1.29 is 117 Å². The maximum absolute atomic E-state index is 14.3. The Morgan fingerprint density at radius 1 is 0.505 bits per heavy atom. The third-order valence-electron chi connectivity index (χ3n) is 16.6. The van der Waals surface area contributed by atoms with E-state index in [0.717, 1.165) is 43.3 Å². The van der Waals surface area contributed by atoms with Gasteiger partial charge in [0.15, 0.2) is 22.3 Å². The van der Waals surface area contributed by atoms with Gasteiger partial charge in [0.25, 0.3) is 22.2 Å². The van der Waals surface area contributed by atoms with E-state index in [9.17, 15) is 86.0 Å². The number of imidazole rings is 2. The standard InChI is InChI=1S/C49H62N17O32P5/c1-19-10-63(48(73)60-41(19)68)32-5-21(67)26(90-32)13-86-100(77,78)96-23-6-33(62-4-3-31(50)55-47(62)72)92-28(23)14-87-102(81,82)97-24-7-34(64-11-20(2)42(69)61-49(64)74)93-29(24)15-88-103(83,84)98-25-9-36(66-18-54-38-40(66)57-46(52)59-44(38)71)94-30(25)16-89-101(79,80)95-22-8-35(91-27(22)12-85-99(75)76)65-17-53-37-39(65)56-45(51)58-43(37)70/h3-4,10-11,17-18,21-30,32-36,67H,5-9,12-16H2,1-2H3,(H14-,50,51,52,55,56,57,58,59,60,61,68,69,70,71,72,73,74,75,76,77,78,79,80,81,82,83,84)/p+1/t21-,22-,23-,24-,25-,26+,27+,28+,29+,30+,32+,33+,34+,35+,36+/m0/s1. The number of nitrogens with one attached hydrogen (secondary N) is 4. The lowest BCUT2D eigenvalue weighted by Crippen LogP contribution is -2.33. The van der Waals surface area contributed by atoms with Gasteiger partial charge >= 0.3 is 56.6 Å². The van der Waals surface area contributed by atoms with Crippen LogP contribution in [0.2, 0.25) is 0 Å². The minimum atomic E-state index is -5.59. The minimum absolute atomic E-state index is 0.0324. The number of aliphatic hydroxyl groups is 1. The Hall–Kier alpha value is -7.44. The highest BCUT2D eigenvalue weighted by Crippen LogP contribution is 2.55. The van der Waals surface area contributed by atoms with Crippen LogP contribution in [0.3, 0.4) is 0 Å². The maximum Gasteiger partial charge on any atom is 0.694 e. The van der Waals surface area contributed by atoms with Gasteiger partial charge in [-0.2, -0.15) is 15.0 Å². The second kappa shape index (κ2) is 29.8. The van der Waals surface area contributed by atoms with Crippen LogP contribution < -0.4 is 56.5 Å². The number of fused-ring (bicyclic) bond motifs is 2. The molecule has 20 atom stereocenters. The van der Waals surface area contributed by atoms with E-state index in [1.54, 1.807) is 0 Å². The molecule has 7 aromatic heterocycles. The summed E-state index contributed by atoms with van der Waals surface area (Å²) in [6.07, 6.45) is -19.3. The largest absolute Gasteiger partial charge is 0.694 e. The molecule has 49 nitrogen and oxygen atoms in total. The van der Waals surface area contributed by atoms with E-state index in [4.69, 9.17) is 81.6 Å². The number of phosphoric acid groups is 4. The molecule has 5 unspecified atom stereocenters. The summed E-state index contributed by atoms with van der Waals surface area (Å²) in [6.45, 7) is -2.08. The van der Waals surface area contributed by atoms with Crippen molar-refractivity contribution in [2.45, 2.75) is 138 Å². The zero-order chi connectivity index (χ0) is 73.9. The Labute approximate surface area is 572 Å². The van der Waals surface area contributed by atoms with Crippen molar-refractivity contribution in [3.63, 3.8) is 0 Å². The molecule has 0 bridgehead atoms. The van der Waals surface area contributed by atoms with Crippen LogP contribution in [0.4, 0.5) is 17.7 Å². The van der Waals surface area contributed by atoms with E-state index in [1.807, 2.05) is 0 Å². The first-order chi connectivity index (χ1) is 48.5. The van der Waals surface area contributed by atoms with Gasteiger partial charge < -0.3 is 65.6 Å². The fraction of sp³-hybridized carbons (Fsp3) is 0.551. The number of aliphatic hydroxyl groups excluding tert-OH is 1. The summed E-state index contributed by atoms with van der Waals surface area (Å²) >= 11 is 0. The Kier molecular flexibility index (Phi) is 21.8. The van der Waals surface area contributed by atoms with Crippen LogP contribution in [0.15, 0.2) is 70.9 Å². The second-order valence-corrected chi connectivity index (χ2v) is 30.0. The third kappa shape index (κ3) is 17.3. The number of anilines is 3. The van der Waals surface area contributed by atoms with Gasteiger partial charge in [0.05, 0.1) is 45.2 Å². The maximum atomic E-state index is 14.3. The van der Waals surface area contributed by atoms with Crippen molar-refractivity contribution in [3.8, 4) is 0 Å². The van der Waals surface area contributed by atoms with Gasteiger partial charge in [0.1, 0.15) is 98.5 Å². The molecule has 0 amide bonds. The molecule has 7 aromatic rings. The van der Waals surface area contributed by atoms with Gasteiger partial charge in [-0.1, -0.05) is 0 Å².